The maximum atomic E-state index is 9.63. The van der Waals surface area contributed by atoms with Crippen LogP contribution in [0.15, 0.2) is 108 Å². The first-order valence-electron chi connectivity index (χ1n) is 10.7. The maximum Gasteiger partial charge on any atom is 0.0997 e. The number of rotatable bonds is 5. The summed E-state index contributed by atoms with van der Waals surface area (Å²) in [5.74, 6) is 1.09. The Morgan fingerprint density at radius 2 is 1.47 bits per heavy atom. The molecule has 3 heteroatoms. The Kier molecular flexibility index (Phi) is 9.89. The first-order valence-corrected chi connectivity index (χ1v) is 10.7. The molecular weight excluding hydrogens is 434 g/mol. The molecule has 1 aliphatic rings. The molecule has 2 nitrogen and oxygen atoms in total. The van der Waals surface area contributed by atoms with Crippen molar-refractivity contribution in [1.82, 2.24) is 0 Å². The van der Waals surface area contributed by atoms with Crippen molar-refractivity contribution in [2.45, 2.75) is 26.7 Å². The van der Waals surface area contributed by atoms with E-state index in [1.54, 1.807) is 0 Å². The van der Waals surface area contributed by atoms with E-state index >= 15 is 0 Å². The maximum absolute atomic E-state index is 9.63. The second-order valence-corrected chi connectivity index (χ2v) is 7.78. The number of hydrogen-bond acceptors (Lipinski definition) is 2. The predicted octanol–water partition coefficient (Wildman–Crippen LogP) is 7.97. The predicted molar refractivity (Wildman–Crippen MR) is 130 cm³/mol. The van der Waals surface area contributed by atoms with E-state index < -0.39 is 0 Å². The Morgan fingerprint density at radius 1 is 0.938 bits per heavy atom. The zero-order chi connectivity index (χ0) is 22.1. The van der Waals surface area contributed by atoms with Crippen molar-refractivity contribution >= 4 is 0 Å². The summed E-state index contributed by atoms with van der Waals surface area (Å²) in [6.45, 7) is 4.29. The summed E-state index contributed by atoms with van der Waals surface area (Å²) >= 11 is 0. The van der Waals surface area contributed by atoms with Gasteiger partial charge in [-0.15, -0.1) is 29.8 Å². The first-order chi connectivity index (χ1) is 15.1. The Labute approximate surface area is 202 Å². The quantitative estimate of drug-likeness (QED) is 0.237. The minimum absolute atomic E-state index is 0. The van der Waals surface area contributed by atoms with Crippen LogP contribution in [0.25, 0.3) is 22.3 Å². The van der Waals surface area contributed by atoms with E-state index in [1.165, 1.54) is 16.7 Å². The Hall–Kier alpha value is -3.18. The van der Waals surface area contributed by atoms with Crippen molar-refractivity contribution in [1.29, 1.82) is 5.26 Å². The average Bonchev–Trinajstić information content (AvgIpc) is 3.54. The third-order valence-electron chi connectivity index (χ3n) is 5.46. The summed E-state index contributed by atoms with van der Waals surface area (Å²) in [5.41, 5.74) is 6.43. The molecule has 0 saturated heterocycles. The van der Waals surface area contributed by atoms with Gasteiger partial charge in [-0.3, -0.25) is 0 Å². The molecule has 0 fully saturated rings. The average molecular weight is 462 g/mol. The minimum atomic E-state index is 0. The Bertz CT molecular complexity index is 1080. The van der Waals surface area contributed by atoms with E-state index in [9.17, 15) is 5.11 Å². The Morgan fingerprint density at radius 3 is 1.97 bits per heavy atom. The second-order valence-electron chi connectivity index (χ2n) is 7.78. The molecule has 0 aliphatic heterocycles. The van der Waals surface area contributed by atoms with Crippen LogP contribution in [0.3, 0.4) is 0 Å². The SMILES string of the molecule is CC[C@H](C)CC(O)=C1C=CC=C1.N#Cc1ccc(-c2ccc(-[c-]3cccc3)cc2)cc1.[Fe]. The van der Waals surface area contributed by atoms with E-state index in [0.717, 1.165) is 24.0 Å². The Balaban J connectivity index is 0.000000244. The van der Waals surface area contributed by atoms with Crippen molar-refractivity contribution in [3.05, 3.63) is 114 Å². The van der Waals surface area contributed by atoms with Crippen molar-refractivity contribution in [3.63, 3.8) is 0 Å². The first kappa shape index (κ1) is 25.1. The molecule has 0 aromatic heterocycles. The number of hydrogen-bond donors (Lipinski definition) is 1. The molecule has 4 rings (SSSR count). The van der Waals surface area contributed by atoms with E-state index in [1.807, 2.05) is 60.7 Å². The summed E-state index contributed by atoms with van der Waals surface area (Å²) in [7, 11) is 0. The van der Waals surface area contributed by atoms with Crippen LogP contribution in [-0.4, -0.2) is 5.11 Å². The van der Waals surface area contributed by atoms with Crippen LogP contribution in [0.4, 0.5) is 0 Å². The van der Waals surface area contributed by atoms with Gasteiger partial charge in [-0.05, 0) is 29.2 Å². The van der Waals surface area contributed by atoms with Crippen LogP contribution in [0.1, 0.15) is 32.3 Å². The topological polar surface area (TPSA) is 44.0 Å². The van der Waals surface area contributed by atoms with Crippen LogP contribution in [-0.2, 0) is 17.1 Å². The van der Waals surface area contributed by atoms with Gasteiger partial charge in [-0.1, -0.05) is 74.4 Å². The molecule has 3 aromatic rings. The van der Waals surface area contributed by atoms with Crippen LogP contribution in [0.2, 0.25) is 0 Å². The van der Waals surface area contributed by atoms with Gasteiger partial charge in [-0.2, -0.15) is 17.4 Å². The summed E-state index contributed by atoms with van der Waals surface area (Å²) in [6.07, 6.45) is 9.69. The molecule has 0 radical (unpaired) electrons. The van der Waals surface area contributed by atoms with Gasteiger partial charge < -0.3 is 5.11 Å². The molecule has 3 aromatic carbocycles. The second kappa shape index (κ2) is 12.6. The number of aliphatic hydroxyl groups excluding tert-OH is 1. The van der Waals surface area contributed by atoms with E-state index in [4.69, 9.17) is 5.26 Å². The van der Waals surface area contributed by atoms with E-state index in [-0.39, 0.29) is 17.1 Å². The van der Waals surface area contributed by atoms with Crippen molar-refractivity contribution in [2.75, 3.05) is 0 Å². The molecule has 0 amide bonds. The van der Waals surface area contributed by atoms with E-state index in [0.29, 0.717) is 17.2 Å². The monoisotopic (exact) mass is 462 g/mol. The van der Waals surface area contributed by atoms with Gasteiger partial charge in [0.05, 0.1) is 17.4 Å². The molecule has 1 aliphatic carbocycles. The third-order valence-corrected chi connectivity index (χ3v) is 5.46. The molecular formula is C29H28FeNO-. The molecule has 0 spiro atoms. The summed E-state index contributed by atoms with van der Waals surface area (Å²) in [6, 6.07) is 26.6. The zero-order valence-electron chi connectivity index (χ0n) is 18.5. The molecule has 1 atom stereocenters. The minimum Gasteiger partial charge on any atom is -0.512 e. The molecule has 1 N–H and O–H groups in total. The van der Waals surface area contributed by atoms with Crippen LogP contribution >= 0.6 is 0 Å². The van der Waals surface area contributed by atoms with Crippen molar-refractivity contribution in [3.8, 4) is 28.3 Å². The van der Waals surface area contributed by atoms with E-state index in [2.05, 4.69) is 56.3 Å². The van der Waals surface area contributed by atoms with Gasteiger partial charge in [0.2, 0.25) is 0 Å². The molecule has 0 heterocycles. The summed E-state index contributed by atoms with van der Waals surface area (Å²) in [4.78, 5) is 0. The van der Waals surface area contributed by atoms with Crippen LogP contribution in [0, 0.1) is 17.2 Å². The third kappa shape index (κ3) is 6.92. The fourth-order valence-corrected chi connectivity index (χ4v) is 3.32. The number of benzene rings is 2. The molecule has 164 valence electrons. The van der Waals surface area contributed by atoms with Gasteiger partial charge in [0.15, 0.2) is 0 Å². The van der Waals surface area contributed by atoms with Gasteiger partial charge in [-0.25, -0.2) is 0 Å². The van der Waals surface area contributed by atoms with Crippen LogP contribution < -0.4 is 0 Å². The normalized spacial score (nSPS) is 12.3. The largest absolute Gasteiger partial charge is 0.512 e. The molecule has 32 heavy (non-hydrogen) atoms. The van der Waals surface area contributed by atoms with Gasteiger partial charge >= 0.3 is 0 Å². The van der Waals surface area contributed by atoms with Crippen molar-refractivity contribution < 1.29 is 22.2 Å². The number of allylic oxidation sites excluding steroid dienone is 6. The fourth-order valence-electron chi connectivity index (χ4n) is 3.32. The van der Waals surface area contributed by atoms with Crippen LogP contribution in [0.5, 0.6) is 0 Å². The van der Waals surface area contributed by atoms with Gasteiger partial charge in [0.1, 0.15) is 0 Å². The summed E-state index contributed by atoms with van der Waals surface area (Å²) < 4.78 is 0. The standard InChI is InChI=1S/C18H12N.C11H16O.Fe/c19-13-14-5-7-16(8-6-14)18-11-9-17(10-12-18)15-3-1-2-4-15;1-3-9(2)8-11(12)10-6-4-5-7-10;/h1-12H;4-7,9,12H,3,8H2,1-2H3;/q-1;;/t;9-;/m.0./s1. The van der Waals surface area contributed by atoms with Gasteiger partial charge in [0.25, 0.3) is 0 Å². The number of aliphatic hydroxyl groups is 1. The molecule has 0 bridgehead atoms. The fraction of sp³-hybridized carbons (Fsp3) is 0.172. The van der Waals surface area contributed by atoms with Gasteiger partial charge in [0, 0.05) is 29.1 Å². The summed E-state index contributed by atoms with van der Waals surface area (Å²) in [5, 5.41) is 18.4. The zero-order valence-corrected chi connectivity index (χ0v) is 19.6. The van der Waals surface area contributed by atoms with Crippen molar-refractivity contribution in [2.24, 2.45) is 5.92 Å². The number of nitrogens with zero attached hydrogens (tertiary/aromatic N) is 1. The molecule has 0 saturated carbocycles. The smallest absolute Gasteiger partial charge is 0.0997 e. The molecule has 0 unspecified atom stereocenters. The number of nitriles is 1.